The minimum absolute atomic E-state index is 0.570. The molecule has 1 N–H and O–H groups in total. The standard InChI is InChI=1S/C12H15N/c1-2-4-10(5-3-1)11-8-12(6-7-12)13-9-11/h1-5,11,13H,6-9H2. The Hall–Kier alpha value is -0.820. The Labute approximate surface area is 79.2 Å². The van der Waals surface area contributed by atoms with Crippen LogP contribution in [0.5, 0.6) is 0 Å². The normalized spacial score (nSPS) is 29.4. The monoisotopic (exact) mass is 173 g/mol. The molecule has 1 heteroatoms. The topological polar surface area (TPSA) is 12.0 Å². The van der Waals surface area contributed by atoms with Gasteiger partial charge in [-0.3, -0.25) is 0 Å². The highest BCUT2D eigenvalue weighted by molar-refractivity contribution is 5.25. The van der Waals surface area contributed by atoms with E-state index in [-0.39, 0.29) is 0 Å². The second-order valence-electron chi connectivity index (χ2n) is 4.47. The number of rotatable bonds is 1. The van der Waals surface area contributed by atoms with Crippen LogP contribution in [0, 0.1) is 0 Å². The summed E-state index contributed by atoms with van der Waals surface area (Å²) in [5.41, 5.74) is 2.08. The maximum absolute atomic E-state index is 3.66. The zero-order valence-corrected chi connectivity index (χ0v) is 7.79. The number of nitrogens with one attached hydrogen (secondary N) is 1. The summed E-state index contributed by atoms with van der Waals surface area (Å²) < 4.78 is 0. The average Bonchev–Trinajstić information content (AvgIpc) is 2.78. The molecule has 0 amide bonds. The Morgan fingerprint density at radius 2 is 1.92 bits per heavy atom. The van der Waals surface area contributed by atoms with Crippen LogP contribution in [0.25, 0.3) is 0 Å². The molecule has 2 fully saturated rings. The fraction of sp³-hybridized carbons (Fsp3) is 0.500. The molecule has 1 spiro atoms. The molecule has 1 saturated heterocycles. The summed E-state index contributed by atoms with van der Waals surface area (Å²) in [6.45, 7) is 1.18. The van der Waals surface area contributed by atoms with E-state index in [1.54, 1.807) is 0 Å². The lowest BCUT2D eigenvalue weighted by Gasteiger charge is -2.08. The summed E-state index contributed by atoms with van der Waals surface area (Å²) in [7, 11) is 0. The highest BCUT2D eigenvalue weighted by Crippen LogP contribution is 2.47. The maximum atomic E-state index is 3.66. The van der Waals surface area contributed by atoms with Gasteiger partial charge >= 0.3 is 0 Å². The Morgan fingerprint density at radius 3 is 2.54 bits per heavy atom. The predicted octanol–water partition coefficient (Wildman–Crippen LogP) is 2.30. The Balaban J connectivity index is 1.80. The minimum atomic E-state index is 0.570. The van der Waals surface area contributed by atoms with Gasteiger partial charge in [-0.1, -0.05) is 30.3 Å². The smallest absolute Gasteiger partial charge is 0.0189 e. The summed E-state index contributed by atoms with van der Waals surface area (Å²) in [6.07, 6.45) is 4.16. The fourth-order valence-corrected chi connectivity index (χ4v) is 2.45. The van der Waals surface area contributed by atoms with E-state index in [4.69, 9.17) is 0 Å². The van der Waals surface area contributed by atoms with E-state index >= 15 is 0 Å². The molecule has 68 valence electrons. The Bertz CT molecular complexity index is 300. The highest BCUT2D eigenvalue weighted by atomic mass is 15.1. The zero-order valence-electron chi connectivity index (χ0n) is 7.79. The van der Waals surface area contributed by atoms with Crippen molar-refractivity contribution in [1.82, 2.24) is 5.32 Å². The zero-order chi connectivity index (χ0) is 8.73. The van der Waals surface area contributed by atoms with Crippen LogP contribution in [0.2, 0.25) is 0 Å². The Kier molecular flexibility index (Phi) is 1.50. The Morgan fingerprint density at radius 1 is 1.15 bits per heavy atom. The van der Waals surface area contributed by atoms with Crippen LogP contribution < -0.4 is 5.32 Å². The summed E-state index contributed by atoms with van der Waals surface area (Å²) in [4.78, 5) is 0. The van der Waals surface area contributed by atoms with Crippen LogP contribution in [0.3, 0.4) is 0 Å². The third-order valence-corrected chi connectivity index (χ3v) is 3.49. The molecule has 3 rings (SSSR count). The molecule has 1 aliphatic carbocycles. The van der Waals surface area contributed by atoms with Gasteiger partial charge in [-0.25, -0.2) is 0 Å². The highest BCUT2D eigenvalue weighted by Gasteiger charge is 2.48. The predicted molar refractivity (Wildman–Crippen MR) is 53.8 cm³/mol. The molecule has 2 aliphatic rings. The lowest BCUT2D eigenvalue weighted by Crippen LogP contribution is -2.22. The van der Waals surface area contributed by atoms with Gasteiger partial charge in [-0.15, -0.1) is 0 Å². The quantitative estimate of drug-likeness (QED) is 0.687. The van der Waals surface area contributed by atoms with Gasteiger partial charge in [0.2, 0.25) is 0 Å². The molecule has 1 unspecified atom stereocenters. The number of hydrogen-bond acceptors (Lipinski definition) is 1. The van der Waals surface area contributed by atoms with Gasteiger partial charge in [0.25, 0.3) is 0 Å². The second-order valence-corrected chi connectivity index (χ2v) is 4.47. The van der Waals surface area contributed by atoms with Gasteiger partial charge in [0, 0.05) is 12.1 Å². The van der Waals surface area contributed by atoms with Gasteiger partial charge in [0.1, 0.15) is 0 Å². The molecule has 1 aromatic carbocycles. The van der Waals surface area contributed by atoms with E-state index < -0.39 is 0 Å². The number of hydrogen-bond donors (Lipinski definition) is 1. The first kappa shape index (κ1) is 7.57. The van der Waals surface area contributed by atoms with Crippen molar-refractivity contribution in [1.29, 1.82) is 0 Å². The molecule has 0 bridgehead atoms. The lowest BCUT2D eigenvalue weighted by molar-refractivity contribution is 0.595. The van der Waals surface area contributed by atoms with Crippen LogP contribution >= 0.6 is 0 Å². The molecular formula is C12H15N. The molecule has 0 aromatic heterocycles. The summed E-state index contributed by atoms with van der Waals surface area (Å²) in [5, 5.41) is 3.66. The molecule has 1 nitrogen and oxygen atoms in total. The summed E-state index contributed by atoms with van der Waals surface area (Å²) in [6, 6.07) is 10.9. The average molecular weight is 173 g/mol. The first-order valence-electron chi connectivity index (χ1n) is 5.18. The van der Waals surface area contributed by atoms with Gasteiger partial charge in [-0.05, 0) is 30.7 Å². The van der Waals surface area contributed by atoms with Crippen molar-refractivity contribution in [3.63, 3.8) is 0 Å². The number of benzene rings is 1. The van der Waals surface area contributed by atoms with Gasteiger partial charge < -0.3 is 5.32 Å². The van der Waals surface area contributed by atoms with Crippen molar-refractivity contribution in [2.24, 2.45) is 0 Å². The minimum Gasteiger partial charge on any atom is -0.311 e. The van der Waals surface area contributed by atoms with Crippen LogP contribution in [0.4, 0.5) is 0 Å². The molecular weight excluding hydrogens is 158 g/mol. The molecule has 1 aromatic rings. The van der Waals surface area contributed by atoms with Gasteiger partial charge in [-0.2, -0.15) is 0 Å². The van der Waals surface area contributed by atoms with E-state index in [0.29, 0.717) is 5.54 Å². The van der Waals surface area contributed by atoms with Crippen LogP contribution in [-0.4, -0.2) is 12.1 Å². The van der Waals surface area contributed by atoms with E-state index in [1.165, 1.54) is 31.4 Å². The fourth-order valence-electron chi connectivity index (χ4n) is 2.45. The summed E-state index contributed by atoms with van der Waals surface area (Å²) in [5.74, 6) is 0.767. The van der Waals surface area contributed by atoms with E-state index in [0.717, 1.165) is 5.92 Å². The molecule has 13 heavy (non-hydrogen) atoms. The second kappa shape index (κ2) is 2.58. The van der Waals surface area contributed by atoms with E-state index in [9.17, 15) is 0 Å². The third kappa shape index (κ3) is 1.28. The SMILES string of the molecule is c1ccc(C2CNC3(CC3)C2)cc1. The van der Waals surface area contributed by atoms with Crippen LogP contribution in [0.1, 0.15) is 30.7 Å². The summed E-state index contributed by atoms with van der Waals surface area (Å²) >= 11 is 0. The molecule has 0 radical (unpaired) electrons. The van der Waals surface area contributed by atoms with Crippen molar-refractivity contribution in [3.8, 4) is 0 Å². The van der Waals surface area contributed by atoms with Crippen molar-refractivity contribution in [3.05, 3.63) is 35.9 Å². The third-order valence-electron chi connectivity index (χ3n) is 3.49. The maximum Gasteiger partial charge on any atom is 0.0189 e. The van der Waals surface area contributed by atoms with E-state index in [2.05, 4.69) is 35.6 Å². The molecule has 1 atom stereocenters. The van der Waals surface area contributed by atoms with E-state index in [1.807, 2.05) is 0 Å². The first-order chi connectivity index (χ1) is 6.38. The van der Waals surface area contributed by atoms with Crippen molar-refractivity contribution in [2.75, 3.05) is 6.54 Å². The molecule has 1 saturated carbocycles. The molecule has 1 heterocycles. The van der Waals surface area contributed by atoms with Crippen molar-refractivity contribution < 1.29 is 0 Å². The van der Waals surface area contributed by atoms with Gasteiger partial charge in [0.15, 0.2) is 0 Å². The largest absolute Gasteiger partial charge is 0.311 e. The van der Waals surface area contributed by atoms with Crippen molar-refractivity contribution in [2.45, 2.75) is 30.7 Å². The lowest BCUT2D eigenvalue weighted by atomic mass is 9.96. The van der Waals surface area contributed by atoms with Crippen molar-refractivity contribution >= 4 is 0 Å². The van der Waals surface area contributed by atoms with Gasteiger partial charge in [0.05, 0.1) is 0 Å². The van der Waals surface area contributed by atoms with Crippen LogP contribution in [0.15, 0.2) is 30.3 Å². The van der Waals surface area contributed by atoms with Crippen LogP contribution in [-0.2, 0) is 0 Å². The first-order valence-corrected chi connectivity index (χ1v) is 5.18. The molecule has 1 aliphatic heterocycles.